The topological polar surface area (TPSA) is 62.6 Å². The summed E-state index contributed by atoms with van der Waals surface area (Å²) in [6.45, 7) is 0. The summed E-state index contributed by atoms with van der Waals surface area (Å²) in [5.41, 5.74) is -0.538. The van der Waals surface area contributed by atoms with Gasteiger partial charge in [0.05, 0.1) is 26.1 Å². The molecule has 2 aromatic rings. The predicted molar refractivity (Wildman–Crippen MR) is 82.3 cm³/mol. The maximum atomic E-state index is 13.3. The fraction of sp³-hybridized carbons (Fsp3) is 0.286. The molecule has 0 aliphatic rings. The Hall–Kier alpha value is -2.23. The third-order valence-electron chi connectivity index (χ3n) is 2.90. The van der Waals surface area contributed by atoms with Crippen LogP contribution < -0.4 is 19.8 Å². The number of alkyl halides is 4. The third kappa shape index (κ3) is 3.64. The molecule has 130 valence electrons. The molecule has 1 aromatic carbocycles. The summed E-state index contributed by atoms with van der Waals surface area (Å²) < 4.78 is 54.5. The second kappa shape index (κ2) is 7.12. The quantitative estimate of drug-likeness (QED) is 0.687. The van der Waals surface area contributed by atoms with Crippen molar-refractivity contribution in [2.75, 3.05) is 14.2 Å². The minimum atomic E-state index is -4.07. The van der Waals surface area contributed by atoms with E-state index in [-0.39, 0.29) is 22.9 Å². The van der Waals surface area contributed by atoms with Crippen LogP contribution >= 0.6 is 15.9 Å². The monoisotopic (exact) mass is 408 g/mol. The molecule has 0 aliphatic heterocycles. The number of rotatable bonds is 6. The van der Waals surface area contributed by atoms with Crippen molar-refractivity contribution in [3.8, 4) is 22.9 Å². The summed E-state index contributed by atoms with van der Waals surface area (Å²) >= 11 is 2.12. The number of aromatic nitrogens is 2. The van der Waals surface area contributed by atoms with Crippen LogP contribution in [0.4, 0.5) is 13.2 Å². The summed E-state index contributed by atoms with van der Waals surface area (Å²) in [5, 5.41) is 1.19. The molecule has 0 N–H and O–H groups in total. The molecule has 6 nitrogen and oxygen atoms in total. The van der Waals surface area contributed by atoms with Gasteiger partial charge in [0.25, 0.3) is 5.08 Å². The van der Waals surface area contributed by atoms with Gasteiger partial charge in [-0.3, -0.25) is 4.79 Å². The van der Waals surface area contributed by atoms with E-state index in [2.05, 4.69) is 25.8 Å². The number of benzene rings is 1. The first-order valence-corrected chi connectivity index (χ1v) is 7.37. The molecule has 2 rings (SSSR count). The van der Waals surface area contributed by atoms with E-state index in [9.17, 15) is 18.0 Å². The van der Waals surface area contributed by atoms with E-state index in [1.807, 2.05) is 0 Å². The Morgan fingerprint density at radius 2 is 2.00 bits per heavy atom. The van der Waals surface area contributed by atoms with Crippen LogP contribution in [-0.4, -0.2) is 35.2 Å². The lowest BCUT2D eigenvalue weighted by Gasteiger charge is -2.18. The smallest absolute Gasteiger partial charge is 0.440 e. The second-order valence-electron chi connectivity index (χ2n) is 4.43. The van der Waals surface area contributed by atoms with Gasteiger partial charge in [-0.25, -0.2) is 4.39 Å². The number of ether oxygens (including phenoxy) is 3. The van der Waals surface area contributed by atoms with Gasteiger partial charge in [0, 0.05) is 6.07 Å². The molecule has 0 spiro atoms. The standard InChI is InChI=1S/C14H12BrF3N2O4/c1-22-10-7-19-20(12(21)11(10)23-2)8-4-3-5-9(6-8)24-14(17,18)13(15)16/h3-7,13H,1-2H3. The zero-order valence-electron chi connectivity index (χ0n) is 12.5. The Balaban J connectivity index is 2.45. The molecule has 0 saturated carbocycles. The summed E-state index contributed by atoms with van der Waals surface area (Å²) in [4.78, 5) is 12.3. The van der Waals surface area contributed by atoms with E-state index in [0.29, 0.717) is 0 Å². The van der Waals surface area contributed by atoms with Crippen molar-refractivity contribution in [1.29, 1.82) is 0 Å². The number of hydrogen-bond acceptors (Lipinski definition) is 5. The Kier molecular flexibility index (Phi) is 5.37. The minimum Gasteiger partial charge on any atom is -0.491 e. The Labute approximate surface area is 142 Å². The summed E-state index contributed by atoms with van der Waals surface area (Å²) in [6.07, 6.45) is -2.84. The molecule has 1 aromatic heterocycles. The third-order valence-corrected chi connectivity index (χ3v) is 3.43. The largest absolute Gasteiger partial charge is 0.491 e. The average Bonchev–Trinajstić information content (AvgIpc) is 2.54. The number of hydrogen-bond donors (Lipinski definition) is 0. The molecule has 10 heteroatoms. The van der Waals surface area contributed by atoms with Gasteiger partial charge in [-0.15, -0.1) is 0 Å². The SMILES string of the molecule is COc1cnn(-c2cccc(OC(F)(F)C(F)Br)c2)c(=O)c1OC. The highest BCUT2D eigenvalue weighted by Crippen LogP contribution is 2.30. The Morgan fingerprint density at radius 3 is 2.58 bits per heavy atom. The molecule has 0 saturated heterocycles. The first-order chi connectivity index (χ1) is 11.3. The fourth-order valence-corrected chi connectivity index (χ4v) is 1.91. The zero-order valence-corrected chi connectivity index (χ0v) is 14.1. The minimum absolute atomic E-state index is 0.103. The highest BCUT2D eigenvalue weighted by atomic mass is 79.9. The lowest BCUT2D eigenvalue weighted by molar-refractivity contribution is -0.195. The molecule has 24 heavy (non-hydrogen) atoms. The molecule has 1 unspecified atom stereocenters. The molecule has 0 bridgehead atoms. The highest BCUT2D eigenvalue weighted by Gasteiger charge is 2.41. The molecule has 0 amide bonds. The van der Waals surface area contributed by atoms with Gasteiger partial charge in [-0.2, -0.15) is 18.6 Å². The first-order valence-electron chi connectivity index (χ1n) is 6.46. The summed E-state index contributed by atoms with van der Waals surface area (Å²) in [6, 6.07) is 5.10. The normalized spacial score (nSPS) is 12.6. The van der Waals surface area contributed by atoms with Gasteiger partial charge in [-0.1, -0.05) is 6.07 Å². The van der Waals surface area contributed by atoms with Crippen LogP contribution in [0.2, 0.25) is 0 Å². The molecular formula is C14H12BrF3N2O4. The van der Waals surface area contributed by atoms with Crippen molar-refractivity contribution in [2.24, 2.45) is 0 Å². The zero-order chi connectivity index (χ0) is 17.9. The molecule has 0 aliphatic carbocycles. The Bertz CT molecular complexity index is 783. The molecule has 0 radical (unpaired) electrons. The van der Waals surface area contributed by atoms with Gasteiger partial charge < -0.3 is 14.2 Å². The van der Waals surface area contributed by atoms with Crippen LogP contribution in [0, 0.1) is 0 Å². The molecular weight excluding hydrogens is 397 g/mol. The van der Waals surface area contributed by atoms with Gasteiger partial charge in [0.15, 0.2) is 5.75 Å². The van der Waals surface area contributed by atoms with Crippen LogP contribution in [0.5, 0.6) is 17.2 Å². The summed E-state index contributed by atoms with van der Waals surface area (Å²) in [5.74, 6) is -0.325. The van der Waals surface area contributed by atoms with E-state index in [1.54, 1.807) is 0 Å². The van der Waals surface area contributed by atoms with Crippen LogP contribution in [0.1, 0.15) is 0 Å². The average molecular weight is 409 g/mol. The van der Waals surface area contributed by atoms with Gasteiger partial charge in [-0.05, 0) is 28.1 Å². The fourth-order valence-electron chi connectivity index (χ4n) is 1.82. The lowest BCUT2D eigenvalue weighted by Crippen LogP contribution is -2.32. The van der Waals surface area contributed by atoms with Crippen LogP contribution in [0.25, 0.3) is 5.69 Å². The van der Waals surface area contributed by atoms with E-state index in [0.717, 1.165) is 10.7 Å². The lowest BCUT2D eigenvalue weighted by atomic mass is 10.3. The second-order valence-corrected chi connectivity index (χ2v) is 5.23. The maximum absolute atomic E-state index is 13.3. The predicted octanol–water partition coefficient (Wildman–Crippen LogP) is 2.91. The van der Waals surface area contributed by atoms with Crippen LogP contribution in [-0.2, 0) is 0 Å². The Morgan fingerprint density at radius 1 is 1.29 bits per heavy atom. The van der Waals surface area contributed by atoms with E-state index in [1.165, 1.54) is 38.6 Å². The van der Waals surface area contributed by atoms with E-state index in [4.69, 9.17) is 9.47 Å². The van der Waals surface area contributed by atoms with Crippen molar-refractivity contribution in [3.63, 3.8) is 0 Å². The first kappa shape index (κ1) is 18.1. The van der Waals surface area contributed by atoms with Crippen molar-refractivity contribution < 1.29 is 27.4 Å². The van der Waals surface area contributed by atoms with Gasteiger partial charge >= 0.3 is 11.7 Å². The number of nitrogens with zero attached hydrogens (tertiary/aromatic N) is 2. The van der Waals surface area contributed by atoms with Crippen molar-refractivity contribution in [3.05, 3.63) is 40.8 Å². The van der Waals surface area contributed by atoms with Crippen molar-refractivity contribution in [1.82, 2.24) is 9.78 Å². The van der Waals surface area contributed by atoms with Crippen molar-refractivity contribution in [2.45, 2.75) is 11.2 Å². The molecule has 1 atom stereocenters. The molecule has 0 fully saturated rings. The van der Waals surface area contributed by atoms with Crippen molar-refractivity contribution >= 4 is 15.9 Å². The number of methoxy groups -OCH3 is 2. The van der Waals surface area contributed by atoms with E-state index < -0.39 is 16.7 Å². The highest BCUT2D eigenvalue weighted by molar-refractivity contribution is 9.09. The van der Waals surface area contributed by atoms with Gasteiger partial charge in [0.2, 0.25) is 5.75 Å². The van der Waals surface area contributed by atoms with Crippen LogP contribution in [0.3, 0.4) is 0 Å². The van der Waals surface area contributed by atoms with Crippen LogP contribution in [0.15, 0.2) is 35.3 Å². The number of halogens is 4. The van der Waals surface area contributed by atoms with E-state index >= 15 is 0 Å². The maximum Gasteiger partial charge on any atom is 0.440 e. The summed E-state index contributed by atoms with van der Waals surface area (Å²) in [7, 11) is 2.62. The van der Waals surface area contributed by atoms with Gasteiger partial charge in [0.1, 0.15) is 5.75 Å². The molecule has 1 heterocycles.